The number of fused-ring (bicyclic) bond motifs is 1. The minimum absolute atomic E-state index is 0.118. The van der Waals surface area contributed by atoms with Gasteiger partial charge in [0.15, 0.2) is 5.78 Å². The lowest BCUT2D eigenvalue weighted by Gasteiger charge is -2.09. The van der Waals surface area contributed by atoms with Crippen molar-refractivity contribution in [3.63, 3.8) is 0 Å². The van der Waals surface area contributed by atoms with E-state index in [1.807, 2.05) is 30.5 Å². The molecule has 0 radical (unpaired) electrons. The summed E-state index contributed by atoms with van der Waals surface area (Å²) in [6.45, 7) is 4.56. The Morgan fingerprint density at radius 1 is 1.14 bits per heavy atom. The predicted octanol–water partition coefficient (Wildman–Crippen LogP) is 5.22. The van der Waals surface area contributed by atoms with E-state index in [0.29, 0.717) is 0 Å². The van der Waals surface area contributed by atoms with Gasteiger partial charge in [-0.2, -0.15) is 0 Å². The van der Waals surface area contributed by atoms with Gasteiger partial charge in [0, 0.05) is 28.2 Å². The lowest BCUT2D eigenvalue weighted by Crippen LogP contribution is -2.00. The van der Waals surface area contributed by atoms with Crippen LogP contribution >= 0.6 is 15.9 Å². The number of hydrogen-bond acceptors (Lipinski definition) is 1. The summed E-state index contributed by atoms with van der Waals surface area (Å²) >= 11 is 3.47. The molecule has 2 nitrogen and oxygen atoms in total. The maximum Gasteiger partial charge on any atom is 0.161 e. The van der Waals surface area contributed by atoms with Crippen molar-refractivity contribution in [1.82, 2.24) is 4.57 Å². The van der Waals surface area contributed by atoms with Crippen molar-refractivity contribution in [3.05, 3.63) is 69.8 Å². The molecule has 0 aliphatic rings. The highest BCUT2D eigenvalue weighted by molar-refractivity contribution is 9.10. The number of carbonyl (C=O) groups excluding carboxylic acids is 1. The van der Waals surface area contributed by atoms with E-state index in [2.05, 4.69) is 45.6 Å². The second-order valence-electron chi connectivity index (χ2n) is 5.52. The highest BCUT2D eigenvalue weighted by Gasteiger charge is 2.14. The number of ketones is 1. The van der Waals surface area contributed by atoms with Gasteiger partial charge in [-0.25, -0.2) is 0 Å². The van der Waals surface area contributed by atoms with Crippen LogP contribution in [0.25, 0.3) is 10.9 Å². The Labute approximate surface area is 138 Å². The zero-order valence-corrected chi connectivity index (χ0v) is 14.4. The largest absolute Gasteiger partial charge is 0.342 e. The number of nitrogens with zero attached hydrogens (tertiary/aromatic N) is 1. The number of aryl methyl sites for hydroxylation is 1. The van der Waals surface area contributed by atoms with Crippen LogP contribution in [-0.2, 0) is 13.0 Å². The van der Waals surface area contributed by atoms with Crippen molar-refractivity contribution in [2.24, 2.45) is 0 Å². The SMILES string of the molecule is CCc1cccc2c(C(C)=O)cn(Cc3ccc(Br)cc3)c12. The zero-order valence-electron chi connectivity index (χ0n) is 12.8. The molecule has 3 aromatic rings. The first-order chi connectivity index (χ1) is 10.6. The van der Waals surface area contributed by atoms with Crippen molar-refractivity contribution in [3.8, 4) is 0 Å². The third-order valence-electron chi connectivity index (χ3n) is 4.01. The molecule has 0 aliphatic heterocycles. The molecule has 0 spiro atoms. The van der Waals surface area contributed by atoms with Gasteiger partial charge in [-0.3, -0.25) is 4.79 Å². The number of halogens is 1. The molecule has 3 rings (SSSR count). The highest BCUT2D eigenvalue weighted by atomic mass is 79.9. The normalized spacial score (nSPS) is 11.0. The number of para-hydroxylation sites is 1. The van der Waals surface area contributed by atoms with Crippen molar-refractivity contribution < 1.29 is 4.79 Å². The average Bonchev–Trinajstić information content (AvgIpc) is 2.88. The summed E-state index contributed by atoms with van der Waals surface area (Å²) in [5.74, 6) is 0.118. The molecule has 1 aromatic heterocycles. The Morgan fingerprint density at radius 3 is 2.50 bits per heavy atom. The van der Waals surface area contributed by atoms with Gasteiger partial charge in [0.05, 0.1) is 5.52 Å². The zero-order chi connectivity index (χ0) is 15.7. The summed E-state index contributed by atoms with van der Waals surface area (Å²) in [4.78, 5) is 11.9. The fourth-order valence-electron chi connectivity index (χ4n) is 2.91. The molecule has 0 amide bonds. The number of aromatic nitrogens is 1. The number of Topliss-reactive ketones (excluding diaryl/α,β-unsaturated/α-hetero) is 1. The highest BCUT2D eigenvalue weighted by Crippen LogP contribution is 2.27. The molecule has 112 valence electrons. The van der Waals surface area contributed by atoms with Crippen molar-refractivity contribution in [2.75, 3.05) is 0 Å². The minimum Gasteiger partial charge on any atom is -0.342 e. The third-order valence-corrected chi connectivity index (χ3v) is 4.54. The Hall–Kier alpha value is -1.87. The second-order valence-corrected chi connectivity index (χ2v) is 6.44. The average molecular weight is 356 g/mol. The molecule has 22 heavy (non-hydrogen) atoms. The first-order valence-electron chi connectivity index (χ1n) is 7.46. The van der Waals surface area contributed by atoms with Crippen LogP contribution in [0.2, 0.25) is 0 Å². The molecular weight excluding hydrogens is 338 g/mol. The Bertz CT molecular complexity index is 831. The molecule has 0 fully saturated rings. The van der Waals surface area contributed by atoms with Gasteiger partial charge in [0.25, 0.3) is 0 Å². The summed E-state index contributed by atoms with van der Waals surface area (Å²) in [6, 6.07) is 14.5. The van der Waals surface area contributed by atoms with Crippen molar-refractivity contribution >= 4 is 32.6 Å². The quantitative estimate of drug-likeness (QED) is 0.588. The number of rotatable bonds is 4. The first kappa shape index (κ1) is 15.0. The van der Waals surface area contributed by atoms with E-state index in [1.54, 1.807) is 6.92 Å². The molecule has 0 bridgehead atoms. The monoisotopic (exact) mass is 355 g/mol. The molecule has 0 aliphatic carbocycles. The molecule has 0 saturated heterocycles. The molecule has 1 heterocycles. The number of carbonyl (C=O) groups is 1. The van der Waals surface area contributed by atoms with Gasteiger partial charge in [0.1, 0.15) is 0 Å². The van der Waals surface area contributed by atoms with Gasteiger partial charge >= 0.3 is 0 Å². The number of hydrogen-bond donors (Lipinski definition) is 0. The van der Waals surface area contributed by atoms with E-state index < -0.39 is 0 Å². The van der Waals surface area contributed by atoms with Crippen molar-refractivity contribution in [2.45, 2.75) is 26.8 Å². The number of benzene rings is 2. The molecule has 0 atom stereocenters. The topological polar surface area (TPSA) is 22.0 Å². The maximum atomic E-state index is 11.9. The molecule has 3 heteroatoms. The van der Waals surface area contributed by atoms with E-state index in [0.717, 1.165) is 28.4 Å². The van der Waals surface area contributed by atoms with E-state index in [1.165, 1.54) is 16.6 Å². The van der Waals surface area contributed by atoms with Crippen LogP contribution in [0.4, 0.5) is 0 Å². The molecular formula is C19H18BrNO. The van der Waals surface area contributed by atoms with Crippen molar-refractivity contribution in [1.29, 1.82) is 0 Å². The summed E-state index contributed by atoms with van der Waals surface area (Å²) in [5.41, 5.74) is 4.49. The molecule has 0 unspecified atom stereocenters. The Balaban J connectivity index is 2.15. The predicted molar refractivity (Wildman–Crippen MR) is 94.6 cm³/mol. The van der Waals surface area contributed by atoms with Crippen LogP contribution in [0.5, 0.6) is 0 Å². The molecule has 2 aromatic carbocycles. The lowest BCUT2D eigenvalue weighted by atomic mass is 10.1. The van der Waals surface area contributed by atoms with Crippen LogP contribution < -0.4 is 0 Å². The van der Waals surface area contributed by atoms with Crippen LogP contribution in [0.3, 0.4) is 0 Å². The van der Waals surface area contributed by atoms with Crippen LogP contribution in [0, 0.1) is 0 Å². The summed E-state index contributed by atoms with van der Waals surface area (Å²) in [5, 5.41) is 1.06. The van der Waals surface area contributed by atoms with Crippen LogP contribution in [0.15, 0.2) is 53.1 Å². The lowest BCUT2D eigenvalue weighted by molar-refractivity contribution is 0.101. The van der Waals surface area contributed by atoms with E-state index >= 15 is 0 Å². The maximum absolute atomic E-state index is 11.9. The second kappa shape index (κ2) is 6.09. The van der Waals surface area contributed by atoms with Crippen LogP contribution in [0.1, 0.15) is 35.3 Å². The summed E-state index contributed by atoms with van der Waals surface area (Å²) in [7, 11) is 0. The molecule has 0 N–H and O–H groups in total. The van der Waals surface area contributed by atoms with Gasteiger partial charge in [-0.15, -0.1) is 0 Å². The standard InChI is InChI=1S/C19H18BrNO/c1-3-15-5-4-6-17-18(13(2)22)12-21(19(15)17)11-14-7-9-16(20)10-8-14/h4-10,12H,3,11H2,1-2H3. The Morgan fingerprint density at radius 2 is 1.86 bits per heavy atom. The first-order valence-corrected chi connectivity index (χ1v) is 8.25. The van der Waals surface area contributed by atoms with Gasteiger partial charge < -0.3 is 4.57 Å². The van der Waals surface area contributed by atoms with Gasteiger partial charge in [0.2, 0.25) is 0 Å². The minimum atomic E-state index is 0.118. The van der Waals surface area contributed by atoms with E-state index in [4.69, 9.17) is 0 Å². The van der Waals surface area contributed by atoms with Gasteiger partial charge in [-0.1, -0.05) is 53.2 Å². The summed E-state index contributed by atoms with van der Waals surface area (Å²) in [6.07, 6.45) is 2.95. The Kier molecular flexibility index (Phi) is 4.16. The fourth-order valence-corrected chi connectivity index (χ4v) is 3.18. The smallest absolute Gasteiger partial charge is 0.161 e. The summed E-state index contributed by atoms with van der Waals surface area (Å²) < 4.78 is 3.28. The molecule has 0 saturated carbocycles. The fraction of sp³-hybridized carbons (Fsp3) is 0.211. The van der Waals surface area contributed by atoms with Crippen LogP contribution in [-0.4, -0.2) is 10.4 Å². The van der Waals surface area contributed by atoms with Gasteiger partial charge in [-0.05, 0) is 36.6 Å². The third kappa shape index (κ3) is 2.73. The van der Waals surface area contributed by atoms with E-state index in [9.17, 15) is 4.79 Å². The van der Waals surface area contributed by atoms with E-state index in [-0.39, 0.29) is 5.78 Å².